The number of piperidine rings is 2. The second-order valence-corrected chi connectivity index (χ2v) is 10.1. The predicted molar refractivity (Wildman–Crippen MR) is 104 cm³/mol. The predicted octanol–water partition coefficient (Wildman–Crippen LogP) is 1.22. The fraction of sp³-hybridized carbons (Fsp3) is 0.600. The molecule has 0 aromatic heterocycles. The topological polar surface area (TPSA) is 86.8 Å². The molecule has 3 aliphatic rings. The van der Waals surface area contributed by atoms with Gasteiger partial charge >= 0.3 is 0 Å². The minimum Gasteiger partial charge on any atom is -0.356 e. The summed E-state index contributed by atoms with van der Waals surface area (Å²) in [5.74, 6) is -0.155. The average molecular weight is 406 g/mol. The molecule has 1 aromatic rings. The van der Waals surface area contributed by atoms with Crippen molar-refractivity contribution < 1.29 is 18.0 Å². The Balaban J connectivity index is 1.41. The maximum atomic E-state index is 13.1. The lowest BCUT2D eigenvalue weighted by Crippen LogP contribution is -2.51. The van der Waals surface area contributed by atoms with Crippen LogP contribution in [-0.2, 0) is 19.6 Å². The van der Waals surface area contributed by atoms with Crippen molar-refractivity contribution in [1.82, 2.24) is 14.5 Å². The molecule has 28 heavy (non-hydrogen) atoms. The molecule has 1 spiro atoms. The van der Waals surface area contributed by atoms with Crippen LogP contribution in [0.1, 0.15) is 32.1 Å². The van der Waals surface area contributed by atoms with Gasteiger partial charge in [0, 0.05) is 32.7 Å². The van der Waals surface area contributed by atoms with E-state index in [0.717, 1.165) is 13.0 Å². The highest BCUT2D eigenvalue weighted by Crippen LogP contribution is 2.38. The fourth-order valence-electron chi connectivity index (χ4n) is 4.71. The van der Waals surface area contributed by atoms with E-state index in [1.807, 2.05) is 4.90 Å². The van der Waals surface area contributed by atoms with Crippen molar-refractivity contribution in [2.24, 2.45) is 11.3 Å². The van der Waals surface area contributed by atoms with Gasteiger partial charge in [0.15, 0.2) is 0 Å². The number of hydrogen-bond donors (Lipinski definition) is 1. The minimum absolute atomic E-state index is 0.0289. The van der Waals surface area contributed by atoms with E-state index in [-0.39, 0.29) is 34.6 Å². The summed E-state index contributed by atoms with van der Waals surface area (Å²) >= 11 is 0. The van der Waals surface area contributed by atoms with Gasteiger partial charge in [0.2, 0.25) is 21.8 Å². The van der Waals surface area contributed by atoms with Crippen LogP contribution in [0.15, 0.2) is 35.2 Å². The van der Waals surface area contributed by atoms with Gasteiger partial charge in [-0.3, -0.25) is 9.59 Å². The third-order valence-electron chi connectivity index (χ3n) is 6.52. The summed E-state index contributed by atoms with van der Waals surface area (Å²) < 4.78 is 27.2. The van der Waals surface area contributed by atoms with Crippen LogP contribution in [0.3, 0.4) is 0 Å². The van der Waals surface area contributed by atoms with Gasteiger partial charge in [0.1, 0.15) is 0 Å². The smallest absolute Gasteiger partial charge is 0.243 e. The zero-order chi connectivity index (χ0) is 19.8. The van der Waals surface area contributed by atoms with E-state index in [1.54, 1.807) is 30.3 Å². The average Bonchev–Trinajstić information content (AvgIpc) is 3.08. The highest BCUT2D eigenvalue weighted by atomic mass is 32.2. The first-order valence-electron chi connectivity index (χ1n) is 10.0. The number of amides is 2. The highest BCUT2D eigenvalue weighted by molar-refractivity contribution is 7.89. The first kappa shape index (κ1) is 19.4. The molecular formula is C20H27N3O4S. The van der Waals surface area contributed by atoms with Gasteiger partial charge in [-0.25, -0.2) is 8.42 Å². The first-order valence-corrected chi connectivity index (χ1v) is 11.5. The molecular weight excluding hydrogens is 378 g/mol. The van der Waals surface area contributed by atoms with E-state index >= 15 is 0 Å². The second kappa shape index (κ2) is 7.48. The maximum absolute atomic E-state index is 13.1. The Bertz CT molecular complexity index is 847. The number of likely N-dealkylation sites (tertiary alicyclic amines) is 1. The molecule has 3 heterocycles. The number of nitrogens with one attached hydrogen (secondary N) is 1. The summed E-state index contributed by atoms with van der Waals surface area (Å²) in [6.07, 6.45) is 3.64. The van der Waals surface area contributed by atoms with Gasteiger partial charge in [-0.15, -0.1) is 0 Å². The molecule has 7 nitrogen and oxygen atoms in total. The van der Waals surface area contributed by atoms with Crippen molar-refractivity contribution in [3.8, 4) is 0 Å². The summed E-state index contributed by atoms with van der Waals surface area (Å²) in [5.41, 5.74) is -0.300. The van der Waals surface area contributed by atoms with E-state index in [9.17, 15) is 18.0 Å². The number of carbonyl (C=O) groups excluding carboxylic acids is 2. The van der Waals surface area contributed by atoms with Crippen molar-refractivity contribution in [3.05, 3.63) is 30.3 Å². The molecule has 0 radical (unpaired) electrons. The number of rotatable bonds is 3. The van der Waals surface area contributed by atoms with Gasteiger partial charge in [0.05, 0.1) is 16.2 Å². The van der Waals surface area contributed by atoms with E-state index < -0.39 is 10.0 Å². The highest BCUT2D eigenvalue weighted by Gasteiger charge is 2.46. The molecule has 4 rings (SSSR count). The zero-order valence-electron chi connectivity index (χ0n) is 16.0. The van der Waals surface area contributed by atoms with Crippen molar-refractivity contribution in [1.29, 1.82) is 0 Å². The maximum Gasteiger partial charge on any atom is 0.243 e. The van der Waals surface area contributed by atoms with Gasteiger partial charge in [-0.1, -0.05) is 18.2 Å². The van der Waals surface area contributed by atoms with E-state index in [0.29, 0.717) is 45.3 Å². The Morgan fingerprint density at radius 3 is 2.43 bits per heavy atom. The number of nitrogens with zero attached hydrogens (tertiary/aromatic N) is 2. The normalized spacial score (nSPS) is 25.6. The summed E-state index contributed by atoms with van der Waals surface area (Å²) in [6.45, 7) is 2.56. The molecule has 0 bridgehead atoms. The third kappa shape index (κ3) is 3.43. The molecule has 152 valence electrons. The molecule has 2 amide bonds. The lowest BCUT2D eigenvalue weighted by Gasteiger charge is -2.40. The second-order valence-electron chi connectivity index (χ2n) is 8.13. The molecule has 3 fully saturated rings. The minimum atomic E-state index is -3.58. The SMILES string of the molecule is O=C([C@@H]1CCCN(S(=O)(=O)c2ccccc2)C1)N1CCC2(CCNC2=O)CC1. The fourth-order valence-corrected chi connectivity index (χ4v) is 6.26. The quantitative estimate of drug-likeness (QED) is 0.819. The van der Waals surface area contributed by atoms with Crippen molar-refractivity contribution >= 4 is 21.8 Å². The van der Waals surface area contributed by atoms with Crippen LogP contribution in [0.25, 0.3) is 0 Å². The Hall–Kier alpha value is -1.93. The van der Waals surface area contributed by atoms with Crippen LogP contribution in [0, 0.1) is 11.3 Å². The van der Waals surface area contributed by atoms with E-state index in [2.05, 4.69) is 5.32 Å². The zero-order valence-corrected chi connectivity index (χ0v) is 16.8. The summed E-state index contributed by atoms with van der Waals surface area (Å²) in [5, 5.41) is 2.91. The molecule has 1 atom stereocenters. The summed E-state index contributed by atoms with van der Waals surface area (Å²) in [7, 11) is -3.58. The van der Waals surface area contributed by atoms with E-state index in [4.69, 9.17) is 0 Å². The molecule has 3 saturated heterocycles. The van der Waals surface area contributed by atoms with Crippen molar-refractivity contribution in [2.75, 3.05) is 32.7 Å². The number of carbonyl (C=O) groups is 2. The van der Waals surface area contributed by atoms with Crippen LogP contribution in [0.2, 0.25) is 0 Å². The molecule has 0 aliphatic carbocycles. The number of hydrogen-bond acceptors (Lipinski definition) is 4. The van der Waals surface area contributed by atoms with Crippen LogP contribution in [-0.4, -0.2) is 62.2 Å². The molecule has 1 N–H and O–H groups in total. The lowest BCUT2D eigenvalue weighted by atomic mass is 9.77. The van der Waals surface area contributed by atoms with Gasteiger partial charge in [-0.2, -0.15) is 4.31 Å². The monoisotopic (exact) mass is 405 g/mol. The van der Waals surface area contributed by atoms with Crippen LogP contribution in [0.5, 0.6) is 0 Å². The molecule has 3 aliphatic heterocycles. The Kier molecular flexibility index (Phi) is 5.18. The molecule has 0 saturated carbocycles. The van der Waals surface area contributed by atoms with E-state index in [1.165, 1.54) is 4.31 Å². The summed E-state index contributed by atoms with van der Waals surface area (Å²) in [4.78, 5) is 27.3. The van der Waals surface area contributed by atoms with Crippen molar-refractivity contribution in [2.45, 2.75) is 37.0 Å². The van der Waals surface area contributed by atoms with Crippen LogP contribution in [0.4, 0.5) is 0 Å². The molecule has 8 heteroatoms. The lowest BCUT2D eigenvalue weighted by molar-refractivity contribution is -0.142. The van der Waals surface area contributed by atoms with Gasteiger partial charge in [-0.05, 0) is 44.2 Å². The third-order valence-corrected chi connectivity index (χ3v) is 8.40. The largest absolute Gasteiger partial charge is 0.356 e. The molecule has 0 unspecified atom stereocenters. The van der Waals surface area contributed by atoms with Crippen LogP contribution >= 0.6 is 0 Å². The summed E-state index contributed by atoms with van der Waals surface area (Å²) in [6, 6.07) is 8.40. The Morgan fingerprint density at radius 2 is 1.79 bits per heavy atom. The Labute approximate surface area is 166 Å². The number of benzene rings is 1. The van der Waals surface area contributed by atoms with Crippen molar-refractivity contribution in [3.63, 3.8) is 0 Å². The first-order chi connectivity index (χ1) is 13.4. The van der Waals surface area contributed by atoms with Crippen LogP contribution < -0.4 is 5.32 Å². The standard InChI is InChI=1S/C20H27N3O4S/c24-18(22-13-9-20(10-14-22)8-11-21-19(20)25)16-5-4-12-23(15-16)28(26,27)17-6-2-1-3-7-17/h1-3,6-7,16H,4-5,8-15H2,(H,21,25)/t16-/m1/s1. The Morgan fingerprint density at radius 1 is 1.07 bits per heavy atom. The molecule has 1 aromatic carbocycles. The number of sulfonamides is 1. The van der Waals surface area contributed by atoms with Gasteiger partial charge in [0.25, 0.3) is 0 Å². The van der Waals surface area contributed by atoms with Gasteiger partial charge < -0.3 is 10.2 Å².